The second-order valence-corrected chi connectivity index (χ2v) is 7.43. The van der Waals surface area contributed by atoms with Gasteiger partial charge in [-0.1, -0.05) is 37.3 Å². The molecule has 0 saturated carbocycles. The molecule has 1 atom stereocenters. The summed E-state index contributed by atoms with van der Waals surface area (Å²) in [7, 11) is 3.09. The minimum atomic E-state index is -0.599. The standard InChI is InChI=1S/C24H32N2O5/c1-6-22(24(28)25-17(2)3)26(15-18-10-8-7-9-11-18)23(27)16-31-21-13-19(29-4)12-20(14-21)30-5/h7-14,17,22H,6,15-16H2,1-5H3,(H,25,28). The maximum atomic E-state index is 13.2. The number of methoxy groups -OCH3 is 2. The van der Waals surface area contributed by atoms with Crippen molar-refractivity contribution >= 4 is 11.8 Å². The van der Waals surface area contributed by atoms with Gasteiger partial charge in [0.2, 0.25) is 5.91 Å². The molecule has 2 aromatic rings. The van der Waals surface area contributed by atoms with Gasteiger partial charge in [-0.25, -0.2) is 0 Å². The van der Waals surface area contributed by atoms with E-state index in [0.717, 1.165) is 5.56 Å². The van der Waals surface area contributed by atoms with E-state index in [2.05, 4.69) is 5.32 Å². The quantitative estimate of drug-likeness (QED) is 0.594. The van der Waals surface area contributed by atoms with E-state index in [1.54, 1.807) is 37.3 Å². The molecule has 0 saturated heterocycles. The van der Waals surface area contributed by atoms with Crippen molar-refractivity contribution in [3.8, 4) is 17.2 Å². The molecule has 31 heavy (non-hydrogen) atoms. The molecule has 0 heterocycles. The number of carbonyl (C=O) groups excluding carboxylic acids is 2. The van der Waals surface area contributed by atoms with Crippen LogP contribution in [0, 0.1) is 0 Å². The molecule has 0 aliphatic heterocycles. The van der Waals surface area contributed by atoms with Crippen LogP contribution in [0.1, 0.15) is 32.8 Å². The van der Waals surface area contributed by atoms with Crippen molar-refractivity contribution in [3.05, 3.63) is 54.1 Å². The number of nitrogens with zero attached hydrogens (tertiary/aromatic N) is 1. The van der Waals surface area contributed by atoms with Crippen LogP contribution in [-0.2, 0) is 16.1 Å². The highest BCUT2D eigenvalue weighted by Crippen LogP contribution is 2.27. The zero-order valence-electron chi connectivity index (χ0n) is 18.9. The number of ether oxygens (including phenoxy) is 3. The maximum absolute atomic E-state index is 13.2. The summed E-state index contributed by atoms with van der Waals surface area (Å²) in [6.45, 7) is 5.78. The third-order valence-corrected chi connectivity index (χ3v) is 4.70. The molecule has 0 fully saturated rings. The maximum Gasteiger partial charge on any atom is 0.261 e. The molecule has 2 amide bonds. The summed E-state index contributed by atoms with van der Waals surface area (Å²) in [6.07, 6.45) is 0.490. The van der Waals surface area contributed by atoms with Gasteiger partial charge >= 0.3 is 0 Å². The average Bonchev–Trinajstić information content (AvgIpc) is 2.77. The summed E-state index contributed by atoms with van der Waals surface area (Å²) in [4.78, 5) is 27.5. The fourth-order valence-corrected chi connectivity index (χ4v) is 3.17. The van der Waals surface area contributed by atoms with Crippen molar-refractivity contribution in [2.45, 2.75) is 45.8 Å². The van der Waals surface area contributed by atoms with Crippen LogP contribution in [0.5, 0.6) is 17.2 Å². The molecule has 0 aliphatic carbocycles. The van der Waals surface area contributed by atoms with Gasteiger partial charge in [-0.05, 0) is 25.8 Å². The van der Waals surface area contributed by atoms with Gasteiger partial charge in [-0.2, -0.15) is 0 Å². The van der Waals surface area contributed by atoms with Crippen LogP contribution in [0.25, 0.3) is 0 Å². The molecule has 0 bridgehead atoms. The number of carbonyl (C=O) groups is 2. The molecule has 1 N–H and O–H groups in total. The highest BCUT2D eigenvalue weighted by molar-refractivity contribution is 5.88. The number of benzene rings is 2. The van der Waals surface area contributed by atoms with Crippen molar-refractivity contribution in [3.63, 3.8) is 0 Å². The molecule has 168 valence electrons. The van der Waals surface area contributed by atoms with Crippen molar-refractivity contribution in [1.29, 1.82) is 0 Å². The van der Waals surface area contributed by atoms with Crippen LogP contribution < -0.4 is 19.5 Å². The van der Waals surface area contributed by atoms with Crippen molar-refractivity contribution < 1.29 is 23.8 Å². The van der Waals surface area contributed by atoms with Gasteiger partial charge in [-0.15, -0.1) is 0 Å². The van der Waals surface area contributed by atoms with Crippen LogP contribution in [0.15, 0.2) is 48.5 Å². The molecule has 7 nitrogen and oxygen atoms in total. The summed E-state index contributed by atoms with van der Waals surface area (Å²) in [5.41, 5.74) is 0.940. The topological polar surface area (TPSA) is 77.1 Å². The second-order valence-electron chi connectivity index (χ2n) is 7.43. The summed E-state index contributed by atoms with van der Waals surface area (Å²) < 4.78 is 16.2. The van der Waals surface area contributed by atoms with E-state index in [-0.39, 0.29) is 24.5 Å². The first kappa shape index (κ1) is 24.1. The predicted octanol–water partition coefficient (Wildman–Crippen LogP) is 3.41. The van der Waals surface area contributed by atoms with Gasteiger partial charge in [0.05, 0.1) is 14.2 Å². The lowest BCUT2D eigenvalue weighted by Gasteiger charge is -2.31. The SMILES string of the molecule is CCC(C(=O)NC(C)C)N(Cc1ccccc1)C(=O)COc1cc(OC)cc(OC)c1. The molecular weight excluding hydrogens is 396 g/mol. The van der Waals surface area contributed by atoms with Gasteiger partial charge in [-0.3, -0.25) is 9.59 Å². The zero-order chi connectivity index (χ0) is 22.8. The van der Waals surface area contributed by atoms with E-state index in [9.17, 15) is 9.59 Å². The highest BCUT2D eigenvalue weighted by Gasteiger charge is 2.29. The van der Waals surface area contributed by atoms with E-state index in [1.807, 2.05) is 51.1 Å². The molecule has 2 rings (SSSR count). The Balaban J connectivity index is 2.21. The van der Waals surface area contributed by atoms with Gasteiger partial charge in [0, 0.05) is 30.8 Å². The fourth-order valence-electron chi connectivity index (χ4n) is 3.17. The van der Waals surface area contributed by atoms with E-state index in [1.165, 1.54) is 0 Å². The second kappa shape index (κ2) is 11.8. The molecule has 0 aromatic heterocycles. The Bertz CT molecular complexity index is 832. The third-order valence-electron chi connectivity index (χ3n) is 4.70. The Kier molecular flexibility index (Phi) is 9.18. The Morgan fingerprint density at radius 2 is 1.55 bits per heavy atom. The van der Waals surface area contributed by atoms with Crippen molar-refractivity contribution in [2.75, 3.05) is 20.8 Å². The van der Waals surface area contributed by atoms with Crippen LogP contribution in [0.4, 0.5) is 0 Å². The van der Waals surface area contributed by atoms with E-state index in [4.69, 9.17) is 14.2 Å². The van der Waals surface area contributed by atoms with Crippen LogP contribution in [0.3, 0.4) is 0 Å². The number of hydrogen-bond donors (Lipinski definition) is 1. The summed E-state index contributed by atoms with van der Waals surface area (Å²) in [6, 6.07) is 14.1. The van der Waals surface area contributed by atoms with Gasteiger partial charge in [0.1, 0.15) is 23.3 Å². The summed E-state index contributed by atoms with van der Waals surface area (Å²) in [5, 5.41) is 2.91. The minimum Gasteiger partial charge on any atom is -0.496 e. The fraction of sp³-hybridized carbons (Fsp3) is 0.417. The van der Waals surface area contributed by atoms with Crippen molar-refractivity contribution in [1.82, 2.24) is 10.2 Å². The lowest BCUT2D eigenvalue weighted by molar-refractivity contribution is -0.143. The number of hydrogen-bond acceptors (Lipinski definition) is 5. The zero-order valence-corrected chi connectivity index (χ0v) is 18.9. The van der Waals surface area contributed by atoms with E-state index in [0.29, 0.717) is 30.2 Å². The largest absolute Gasteiger partial charge is 0.496 e. The monoisotopic (exact) mass is 428 g/mol. The predicted molar refractivity (Wildman–Crippen MR) is 119 cm³/mol. The summed E-state index contributed by atoms with van der Waals surface area (Å²) >= 11 is 0. The summed E-state index contributed by atoms with van der Waals surface area (Å²) in [5.74, 6) is 1.11. The number of nitrogens with one attached hydrogen (secondary N) is 1. The first-order chi connectivity index (χ1) is 14.9. The van der Waals surface area contributed by atoms with Gasteiger partial charge < -0.3 is 24.4 Å². The average molecular weight is 429 g/mol. The highest BCUT2D eigenvalue weighted by atomic mass is 16.5. The molecule has 1 unspecified atom stereocenters. The Morgan fingerprint density at radius 3 is 2.06 bits per heavy atom. The van der Waals surface area contributed by atoms with Crippen molar-refractivity contribution in [2.24, 2.45) is 0 Å². The van der Waals surface area contributed by atoms with Gasteiger partial charge in [0.25, 0.3) is 5.91 Å². The molecule has 0 spiro atoms. The Morgan fingerprint density at radius 1 is 0.968 bits per heavy atom. The van der Waals surface area contributed by atoms with E-state index < -0.39 is 6.04 Å². The third kappa shape index (κ3) is 7.20. The number of amides is 2. The smallest absolute Gasteiger partial charge is 0.261 e. The first-order valence-electron chi connectivity index (χ1n) is 10.4. The molecule has 0 aliphatic rings. The van der Waals surface area contributed by atoms with Crippen LogP contribution in [-0.4, -0.2) is 49.6 Å². The van der Waals surface area contributed by atoms with Gasteiger partial charge in [0.15, 0.2) is 6.61 Å². The molecule has 7 heteroatoms. The Labute approximate surface area is 184 Å². The molecular formula is C24H32N2O5. The van der Waals surface area contributed by atoms with Crippen LogP contribution >= 0.6 is 0 Å². The normalized spacial score (nSPS) is 11.5. The lowest BCUT2D eigenvalue weighted by atomic mass is 10.1. The Hall–Kier alpha value is -3.22. The van der Waals surface area contributed by atoms with Crippen LogP contribution in [0.2, 0.25) is 0 Å². The molecule has 2 aromatic carbocycles. The van der Waals surface area contributed by atoms with E-state index >= 15 is 0 Å². The first-order valence-corrected chi connectivity index (χ1v) is 10.4. The number of rotatable bonds is 11. The lowest BCUT2D eigenvalue weighted by Crippen LogP contribution is -2.51. The molecule has 0 radical (unpaired) electrons. The minimum absolute atomic E-state index is 0.0178.